The summed E-state index contributed by atoms with van der Waals surface area (Å²) in [5.74, 6) is -0.737. The van der Waals surface area contributed by atoms with Crippen LogP contribution in [-0.4, -0.2) is 116 Å². The minimum atomic E-state index is -0.825. The van der Waals surface area contributed by atoms with Crippen LogP contribution in [0.15, 0.2) is 91.1 Å². The monoisotopic (exact) mass is 958 g/mol. The molecule has 6 amide bonds. The van der Waals surface area contributed by atoms with Gasteiger partial charge in [0.25, 0.3) is 0 Å². The normalized spacial score (nSPS) is 19.7. The summed E-state index contributed by atoms with van der Waals surface area (Å²) in [6.07, 6.45) is 4.53. The molecule has 17 heteroatoms. The molecule has 0 aliphatic carbocycles. The van der Waals surface area contributed by atoms with Crippen molar-refractivity contribution in [2.75, 3.05) is 61.8 Å². The fourth-order valence-electron chi connectivity index (χ4n) is 9.86. The van der Waals surface area contributed by atoms with Gasteiger partial charge >= 0.3 is 12.2 Å². The smallest absolute Gasteiger partial charge is 0.407 e. The van der Waals surface area contributed by atoms with Gasteiger partial charge in [0.15, 0.2) is 0 Å². The lowest BCUT2D eigenvalue weighted by Gasteiger charge is -2.34. The average molecular weight is 958 g/mol. The van der Waals surface area contributed by atoms with Gasteiger partial charge in [0, 0.05) is 56.0 Å². The topological polar surface area (TPSA) is 195 Å². The molecule has 70 heavy (non-hydrogen) atoms. The Labute approximate surface area is 410 Å². The van der Waals surface area contributed by atoms with Gasteiger partial charge in [-0.1, -0.05) is 64.1 Å². The molecule has 3 aliphatic rings. The number of hydrogen-bond donors (Lipinski definition) is 4. The standard InChI is InChI=1S/C53H67N9O8/c1-32(2)46(57-52(67)69-7)50(65)60-29-9-11-43(60)48(63)55-38-20-13-35(14-21-38)41-26-27-42(62(41)40-24-17-34(18-25-40)37-19-28-45(54-31-37)59(5)6)36-15-22-39(23-16-36)56-49(64)44-12-10-30-61(44)51(66)47(33(3)4)58-53(68)70-8/h13-25,28,31-33,41-44,46-47H,9-12,26-27,29-30H2,1-8H3,(H,55,63)(H,56,64)(H,57,67)(H,58,68)/t41-,42-,43-,44-,46-,47-/m0/s1. The summed E-state index contributed by atoms with van der Waals surface area (Å²) < 4.78 is 9.51. The molecule has 6 atom stereocenters. The number of ether oxygens (including phenoxy) is 2. The number of rotatable bonds is 15. The molecule has 0 saturated carbocycles. The van der Waals surface area contributed by atoms with Gasteiger partial charge in [-0.15, -0.1) is 0 Å². The van der Waals surface area contributed by atoms with E-state index in [-0.39, 0.29) is 47.5 Å². The van der Waals surface area contributed by atoms with Gasteiger partial charge in [-0.25, -0.2) is 14.6 Å². The summed E-state index contributed by atoms with van der Waals surface area (Å²) in [5, 5.41) is 11.4. The molecule has 4 heterocycles. The van der Waals surface area contributed by atoms with Crippen LogP contribution in [0.4, 0.5) is 32.5 Å². The molecule has 3 fully saturated rings. The van der Waals surface area contributed by atoms with Gasteiger partial charge in [0.1, 0.15) is 30.0 Å². The number of hydrogen-bond acceptors (Lipinski definition) is 11. The van der Waals surface area contributed by atoms with E-state index in [1.165, 1.54) is 14.2 Å². The number of likely N-dealkylation sites (tertiary alicyclic amines) is 2. The highest BCUT2D eigenvalue weighted by Gasteiger charge is 2.41. The predicted octanol–water partition coefficient (Wildman–Crippen LogP) is 7.52. The summed E-state index contributed by atoms with van der Waals surface area (Å²) in [5.41, 5.74) is 6.44. The van der Waals surface area contributed by atoms with Crippen molar-refractivity contribution in [1.82, 2.24) is 25.4 Å². The van der Waals surface area contributed by atoms with Crippen LogP contribution in [0.25, 0.3) is 11.1 Å². The lowest BCUT2D eigenvalue weighted by Crippen LogP contribution is -2.54. The second-order valence-electron chi connectivity index (χ2n) is 19.2. The van der Waals surface area contributed by atoms with Gasteiger partial charge in [0.2, 0.25) is 23.6 Å². The highest BCUT2D eigenvalue weighted by molar-refractivity contribution is 5.99. The van der Waals surface area contributed by atoms with Crippen LogP contribution >= 0.6 is 0 Å². The second kappa shape index (κ2) is 22.5. The molecule has 4 aromatic rings. The maximum absolute atomic E-state index is 13.7. The third-order valence-corrected chi connectivity index (χ3v) is 13.7. The van der Waals surface area contributed by atoms with Crippen molar-refractivity contribution in [2.24, 2.45) is 11.8 Å². The first-order valence-corrected chi connectivity index (χ1v) is 24.2. The first-order valence-electron chi connectivity index (χ1n) is 24.2. The molecule has 4 N–H and O–H groups in total. The molecule has 0 radical (unpaired) electrons. The first-order chi connectivity index (χ1) is 33.6. The van der Waals surface area contributed by atoms with E-state index in [4.69, 9.17) is 9.47 Å². The molecule has 0 bridgehead atoms. The van der Waals surface area contributed by atoms with E-state index < -0.39 is 36.4 Å². The van der Waals surface area contributed by atoms with Gasteiger partial charge in [-0.3, -0.25) is 19.2 Å². The zero-order valence-electron chi connectivity index (χ0n) is 41.4. The number of nitrogens with zero attached hydrogens (tertiary/aromatic N) is 5. The first kappa shape index (κ1) is 50.7. The van der Waals surface area contributed by atoms with Crippen LogP contribution in [-0.2, 0) is 28.7 Å². The number of pyridine rings is 1. The van der Waals surface area contributed by atoms with Gasteiger partial charge < -0.3 is 50.3 Å². The number of anilines is 4. The molecule has 17 nitrogen and oxygen atoms in total. The molecule has 3 saturated heterocycles. The van der Waals surface area contributed by atoms with E-state index in [1.807, 2.05) is 107 Å². The van der Waals surface area contributed by atoms with Crippen LogP contribution in [0, 0.1) is 11.8 Å². The Bertz CT molecular complexity index is 2360. The quantitative estimate of drug-likeness (QED) is 0.0921. The van der Waals surface area contributed by atoms with E-state index >= 15 is 0 Å². The number of nitrogens with one attached hydrogen (secondary N) is 4. The molecular formula is C53H67N9O8. The summed E-state index contributed by atoms with van der Waals surface area (Å²) in [6, 6.07) is 25.3. The number of aromatic nitrogens is 1. The van der Waals surface area contributed by atoms with Crippen LogP contribution < -0.4 is 31.1 Å². The molecule has 3 aromatic carbocycles. The molecule has 7 rings (SSSR count). The number of carbonyl (C=O) groups is 6. The molecule has 1 aromatic heterocycles. The summed E-state index contributed by atoms with van der Waals surface area (Å²) in [7, 11) is 6.42. The number of methoxy groups -OCH3 is 2. The largest absolute Gasteiger partial charge is 0.453 e. The van der Waals surface area contributed by atoms with Crippen molar-refractivity contribution < 1.29 is 38.2 Å². The van der Waals surface area contributed by atoms with Crippen molar-refractivity contribution >= 4 is 58.7 Å². The molecule has 372 valence electrons. The Hall–Kier alpha value is -7.17. The van der Waals surface area contributed by atoms with E-state index in [9.17, 15) is 28.8 Å². The van der Waals surface area contributed by atoms with Crippen LogP contribution in [0.5, 0.6) is 0 Å². The van der Waals surface area contributed by atoms with Crippen LogP contribution in [0.1, 0.15) is 89.4 Å². The SMILES string of the molecule is COC(=O)N[C@H](C(=O)N1CCC[C@H]1C(=O)Nc1ccc([C@@H]2CC[C@@H](c3ccc(NC(=O)[C@@H]4CCCN4C(=O)[C@@H](NC(=O)OC)C(C)C)cc3)N2c2ccc(-c3ccc(N(C)C)nc3)cc2)cc1)C(C)C. The Balaban J connectivity index is 1.09. The van der Waals surface area contributed by atoms with E-state index in [0.29, 0.717) is 50.1 Å². The Morgan fingerprint density at radius 1 is 0.586 bits per heavy atom. The number of benzene rings is 3. The minimum absolute atomic E-state index is 0.0199. The molecule has 3 aliphatic heterocycles. The van der Waals surface area contributed by atoms with Gasteiger partial charge in [0.05, 0.1) is 26.3 Å². The lowest BCUT2D eigenvalue weighted by atomic mass is 10.0. The van der Waals surface area contributed by atoms with Gasteiger partial charge in [-0.05, 0) is 116 Å². The van der Waals surface area contributed by atoms with Crippen molar-refractivity contribution in [3.05, 3.63) is 102 Å². The van der Waals surface area contributed by atoms with Crippen molar-refractivity contribution in [2.45, 2.75) is 102 Å². The maximum atomic E-state index is 13.7. The summed E-state index contributed by atoms with van der Waals surface area (Å²) >= 11 is 0. The number of carbonyl (C=O) groups excluding carboxylic acids is 6. The summed E-state index contributed by atoms with van der Waals surface area (Å²) in [4.78, 5) is 91.0. The zero-order chi connectivity index (χ0) is 50.2. The van der Waals surface area contributed by atoms with Crippen LogP contribution in [0.3, 0.4) is 0 Å². The second-order valence-corrected chi connectivity index (χ2v) is 19.2. The molecule has 0 unspecified atom stereocenters. The molecular weight excluding hydrogens is 891 g/mol. The lowest BCUT2D eigenvalue weighted by molar-refractivity contribution is -0.139. The predicted molar refractivity (Wildman–Crippen MR) is 269 cm³/mol. The van der Waals surface area contributed by atoms with E-state index in [2.05, 4.69) is 61.5 Å². The highest BCUT2D eigenvalue weighted by atomic mass is 16.5. The van der Waals surface area contributed by atoms with E-state index in [0.717, 1.165) is 46.6 Å². The fraction of sp³-hybridized carbons (Fsp3) is 0.453. The highest BCUT2D eigenvalue weighted by Crippen LogP contribution is 2.47. The average Bonchev–Trinajstić information content (AvgIpc) is 4.16. The van der Waals surface area contributed by atoms with Crippen molar-refractivity contribution in [1.29, 1.82) is 0 Å². The Kier molecular flexibility index (Phi) is 16.3. The maximum Gasteiger partial charge on any atom is 0.407 e. The third kappa shape index (κ3) is 11.5. The van der Waals surface area contributed by atoms with Crippen molar-refractivity contribution in [3.63, 3.8) is 0 Å². The Morgan fingerprint density at radius 2 is 1.01 bits per heavy atom. The van der Waals surface area contributed by atoms with Gasteiger partial charge in [-0.2, -0.15) is 0 Å². The Morgan fingerprint density at radius 3 is 1.39 bits per heavy atom. The number of amides is 6. The third-order valence-electron chi connectivity index (χ3n) is 13.7. The van der Waals surface area contributed by atoms with Crippen LogP contribution in [0.2, 0.25) is 0 Å². The fourth-order valence-corrected chi connectivity index (χ4v) is 9.86. The van der Waals surface area contributed by atoms with E-state index in [1.54, 1.807) is 9.80 Å². The molecule has 0 spiro atoms. The zero-order valence-corrected chi connectivity index (χ0v) is 41.4. The minimum Gasteiger partial charge on any atom is -0.453 e. The number of alkyl carbamates (subject to hydrolysis) is 2. The summed E-state index contributed by atoms with van der Waals surface area (Å²) in [6.45, 7) is 8.18. The van der Waals surface area contributed by atoms with Crippen molar-refractivity contribution in [3.8, 4) is 11.1 Å².